The first-order valence-corrected chi connectivity index (χ1v) is 6.58. The van der Waals surface area contributed by atoms with E-state index in [4.69, 9.17) is 4.74 Å². The Hall–Kier alpha value is -0.790. The van der Waals surface area contributed by atoms with Crippen molar-refractivity contribution in [2.45, 2.75) is 72.1 Å². The summed E-state index contributed by atoms with van der Waals surface area (Å²) in [6.45, 7) is 5.82. The fourth-order valence-electron chi connectivity index (χ4n) is 1.56. The topological polar surface area (TPSA) is 26.3 Å². The Morgan fingerprint density at radius 3 is 2.31 bits per heavy atom. The molecule has 0 aromatic heterocycles. The molecule has 94 valence electrons. The van der Waals surface area contributed by atoms with Crippen LogP contribution in [0.3, 0.4) is 0 Å². The van der Waals surface area contributed by atoms with Gasteiger partial charge in [0.05, 0.1) is 0 Å². The second-order valence-corrected chi connectivity index (χ2v) is 4.22. The van der Waals surface area contributed by atoms with E-state index in [1.807, 2.05) is 0 Å². The molecule has 0 atom stereocenters. The van der Waals surface area contributed by atoms with Crippen molar-refractivity contribution < 1.29 is 9.53 Å². The summed E-state index contributed by atoms with van der Waals surface area (Å²) in [5.74, 6) is 0.668. The summed E-state index contributed by atoms with van der Waals surface area (Å²) in [4.78, 5) is 10.9. The molecule has 0 fully saturated rings. The van der Waals surface area contributed by atoms with E-state index < -0.39 is 0 Å². The van der Waals surface area contributed by atoms with Crippen molar-refractivity contribution in [2.75, 3.05) is 0 Å². The Morgan fingerprint density at radius 1 is 1.06 bits per heavy atom. The highest BCUT2D eigenvalue weighted by Crippen LogP contribution is 2.12. The molecule has 0 N–H and O–H groups in total. The van der Waals surface area contributed by atoms with Gasteiger partial charge >= 0.3 is 5.97 Å². The van der Waals surface area contributed by atoms with Gasteiger partial charge in [-0.3, -0.25) is 4.79 Å². The van der Waals surface area contributed by atoms with Crippen molar-refractivity contribution in [1.82, 2.24) is 0 Å². The molecule has 0 heterocycles. The van der Waals surface area contributed by atoms with Crippen LogP contribution in [0.1, 0.15) is 72.1 Å². The van der Waals surface area contributed by atoms with Crippen molar-refractivity contribution >= 4 is 5.97 Å². The molecule has 0 saturated heterocycles. The molecule has 2 heteroatoms. The first-order chi connectivity index (χ1) is 7.70. The zero-order valence-corrected chi connectivity index (χ0v) is 11.1. The first kappa shape index (κ1) is 15.2. The predicted molar refractivity (Wildman–Crippen MR) is 68.1 cm³/mol. The van der Waals surface area contributed by atoms with Crippen molar-refractivity contribution in [3.05, 3.63) is 11.8 Å². The Bertz CT molecular complexity index is 207. The minimum atomic E-state index is -0.198. The molecular formula is C14H26O2. The van der Waals surface area contributed by atoms with Crippen molar-refractivity contribution in [3.8, 4) is 0 Å². The van der Waals surface area contributed by atoms with Crippen LogP contribution in [0.5, 0.6) is 0 Å². The number of allylic oxidation sites excluding steroid dienone is 2. The molecule has 0 unspecified atom stereocenters. The van der Waals surface area contributed by atoms with Crippen molar-refractivity contribution in [3.63, 3.8) is 0 Å². The van der Waals surface area contributed by atoms with Gasteiger partial charge in [0.15, 0.2) is 0 Å². The molecule has 2 nitrogen and oxygen atoms in total. The van der Waals surface area contributed by atoms with E-state index in [0.29, 0.717) is 0 Å². The van der Waals surface area contributed by atoms with Crippen LogP contribution in [0, 0.1) is 0 Å². The molecule has 0 radical (unpaired) electrons. The van der Waals surface area contributed by atoms with Crippen LogP contribution in [0.15, 0.2) is 11.8 Å². The van der Waals surface area contributed by atoms with Crippen LogP contribution in [-0.4, -0.2) is 5.97 Å². The molecular weight excluding hydrogens is 200 g/mol. The van der Waals surface area contributed by atoms with Gasteiger partial charge in [-0.25, -0.2) is 0 Å². The number of ether oxygens (including phenoxy) is 1. The van der Waals surface area contributed by atoms with E-state index in [2.05, 4.69) is 19.9 Å². The molecule has 0 aromatic carbocycles. The van der Waals surface area contributed by atoms with Crippen molar-refractivity contribution in [2.24, 2.45) is 0 Å². The third-order valence-electron chi connectivity index (χ3n) is 2.48. The summed E-state index contributed by atoms with van der Waals surface area (Å²) in [5, 5.41) is 0. The molecule has 0 bridgehead atoms. The summed E-state index contributed by atoms with van der Waals surface area (Å²) in [6.07, 6.45) is 11.3. The maximum atomic E-state index is 10.9. The van der Waals surface area contributed by atoms with Gasteiger partial charge in [-0.2, -0.15) is 0 Å². The van der Waals surface area contributed by atoms with Crippen LogP contribution in [0.25, 0.3) is 0 Å². The van der Waals surface area contributed by atoms with Crippen LogP contribution >= 0.6 is 0 Å². The highest BCUT2D eigenvalue weighted by atomic mass is 16.5. The van der Waals surface area contributed by atoms with E-state index in [0.717, 1.165) is 31.4 Å². The number of rotatable bonds is 9. The van der Waals surface area contributed by atoms with E-state index in [1.54, 1.807) is 0 Å². The number of esters is 1. The second-order valence-electron chi connectivity index (χ2n) is 4.22. The normalized spacial score (nSPS) is 11.6. The van der Waals surface area contributed by atoms with Gasteiger partial charge in [0, 0.05) is 13.3 Å². The second kappa shape index (κ2) is 10.7. The monoisotopic (exact) mass is 226 g/mol. The smallest absolute Gasteiger partial charge is 0.307 e. The molecule has 0 amide bonds. The molecule has 0 spiro atoms. The number of hydrogen-bond donors (Lipinski definition) is 0. The Kier molecular flexibility index (Phi) is 10.2. The summed E-state index contributed by atoms with van der Waals surface area (Å²) in [7, 11) is 0. The van der Waals surface area contributed by atoms with Crippen LogP contribution in [0.2, 0.25) is 0 Å². The average Bonchev–Trinajstić information content (AvgIpc) is 2.24. The number of carbonyl (C=O) groups excluding carboxylic acids is 1. The number of unbranched alkanes of at least 4 members (excludes halogenated alkanes) is 5. The lowest BCUT2D eigenvalue weighted by atomic mass is 10.1. The quantitative estimate of drug-likeness (QED) is 0.326. The van der Waals surface area contributed by atoms with Crippen molar-refractivity contribution in [1.29, 1.82) is 0 Å². The maximum Gasteiger partial charge on any atom is 0.307 e. The third-order valence-corrected chi connectivity index (χ3v) is 2.48. The van der Waals surface area contributed by atoms with Gasteiger partial charge in [0.25, 0.3) is 0 Å². The largest absolute Gasteiger partial charge is 0.432 e. The fraction of sp³-hybridized carbons (Fsp3) is 0.786. The third kappa shape index (κ3) is 9.75. The van der Waals surface area contributed by atoms with E-state index >= 15 is 0 Å². The highest BCUT2D eigenvalue weighted by molar-refractivity contribution is 5.67. The number of carbonyl (C=O) groups is 1. The average molecular weight is 226 g/mol. The van der Waals surface area contributed by atoms with E-state index in [-0.39, 0.29) is 5.97 Å². The highest BCUT2D eigenvalue weighted by Gasteiger charge is 2.01. The lowest BCUT2D eigenvalue weighted by molar-refractivity contribution is -0.137. The minimum absolute atomic E-state index is 0.198. The molecule has 0 aliphatic rings. The van der Waals surface area contributed by atoms with E-state index in [9.17, 15) is 4.79 Å². The molecule has 0 rings (SSSR count). The standard InChI is InChI=1S/C14H26O2/c1-4-6-8-9-10-12-14(11-7-5-2)16-13(3)15/h12H,4-11H2,1-3H3. The maximum absolute atomic E-state index is 10.9. The summed E-state index contributed by atoms with van der Waals surface area (Å²) >= 11 is 0. The van der Waals surface area contributed by atoms with Crippen LogP contribution < -0.4 is 0 Å². The van der Waals surface area contributed by atoms with Gasteiger partial charge < -0.3 is 4.74 Å². The lowest BCUT2D eigenvalue weighted by Crippen LogP contribution is -1.99. The molecule has 0 aliphatic heterocycles. The van der Waals surface area contributed by atoms with Gasteiger partial charge in [-0.1, -0.05) is 39.5 Å². The molecule has 16 heavy (non-hydrogen) atoms. The molecule has 0 aromatic rings. The zero-order chi connectivity index (χ0) is 12.2. The summed E-state index contributed by atoms with van der Waals surface area (Å²) < 4.78 is 5.18. The van der Waals surface area contributed by atoms with Gasteiger partial charge in [-0.15, -0.1) is 0 Å². The first-order valence-electron chi connectivity index (χ1n) is 6.58. The predicted octanol–water partition coefficient (Wildman–Crippen LogP) is 4.59. The summed E-state index contributed by atoms with van der Waals surface area (Å²) in [6, 6.07) is 0. The fourth-order valence-corrected chi connectivity index (χ4v) is 1.56. The van der Waals surface area contributed by atoms with Gasteiger partial charge in [0.1, 0.15) is 5.76 Å². The van der Waals surface area contributed by atoms with Crippen LogP contribution in [-0.2, 0) is 9.53 Å². The lowest BCUT2D eigenvalue weighted by Gasteiger charge is -2.06. The van der Waals surface area contributed by atoms with Gasteiger partial charge in [0.2, 0.25) is 0 Å². The minimum Gasteiger partial charge on any atom is -0.432 e. The zero-order valence-electron chi connectivity index (χ0n) is 11.1. The summed E-state index contributed by atoms with van der Waals surface area (Å²) in [5.41, 5.74) is 0. The Labute approximate surface area is 100 Å². The Morgan fingerprint density at radius 2 is 1.75 bits per heavy atom. The SMILES string of the molecule is CCCCCCC=C(CCCC)OC(C)=O. The molecule has 0 aliphatic carbocycles. The van der Waals surface area contributed by atoms with Crippen LogP contribution in [0.4, 0.5) is 0 Å². The molecule has 0 saturated carbocycles. The Balaban J connectivity index is 3.85. The van der Waals surface area contributed by atoms with E-state index in [1.165, 1.54) is 32.6 Å². The van der Waals surface area contributed by atoms with Gasteiger partial charge in [-0.05, 0) is 25.3 Å². The number of hydrogen-bond acceptors (Lipinski definition) is 2.